The van der Waals surface area contributed by atoms with Crippen LogP contribution in [0.15, 0.2) is 11.1 Å². The second-order valence-corrected chi connectivity index (χ2v) is 2.84. The number of aromatic amines is 2. The first-order chi connectivity index (χ1) is 6.72. The number of imidazole rings is 1. The zero-order valence-corrected chi connectivity index (χ0v) is 7.32. The molecule has 0 unspecified atom stereocenters. The van der Waals surface area contributed by atoms with Crippen LogP contribution in [0.3, 0.4) is 0 Å². The minimum Gasteiger partial charge on any atom is -0.393 e. The van der Waals surface area contributed by atoms with Crippen LogP contribution in [0.2, 0.25) is 0 Å². The molecule has 2 rings (SSSR count). The quantitative estimate of drug-likeness (QED) is 0.421. The normalized spacial score (nSPS) is 10.9. The van der Waals surface area contributed by atoms with Crippen LogP contribution in [0.1, 0.15) is 0 Å². The van der Waals surface area contributed by atoms with Gasteiger partial charge in [0.1, 0.15) is 0 Å². The summed E-state index contributed by atoms with van der Waals surface area (Å²) in [5.41, 5.74) is 5.88. The maximum absolute atomic E-state index is 11.3. The van der Waals surface area contributed by atoms with E-state index in [4.69, 9.17) is 10.8 Å². The lowest BCUT2D eigenvalue weighted by Gasteiger charge is -1.92. The van der Waals surface area contributed by atoms with Crippen molar-refractivity contribution in [2.24, 2.45) is 0 Å². The summed E-state index contributed by atoms with van der Waals surface area (Å²) in [5.74, 6) is 0.0637. The lowest BCUT2D eigenvalue weighted by molar-refractivity contribution is -0.674. The van der Waals surface area contributed by atoms with Crippen LogP contribution in [0, 0.1) is 0 Å². The van der Waals surface area contributed by atoms with Gasteiger partial charge in [-0.1, -0.05) is 4.98 Å². The average molecular weight is 196 g/mol. The van der Waals surface area contributed by atoms with Crippen molar-refractivity contribution in [2.75, 3.05) is 12.3 Å². The standard InChI is InChI=1S/C7H9N5O2/c8-7-10-5-4(6(14)11-7)9-3-12(5)1-2-13/h3,13H,1-2H2,(H3,8,10,11,14)/p+1. The van der Waals surface area contributed by atoms with Crippen LogP contribution in [0.4, 0.5) is 5.95 Å². The summed E-state index contributed by atoms with van der Waals surface area (Å²) >= 11 is 0. The number of fused-ring (bicyclic) bond motifs is 1. The molecule has 2 heterocycles. The first-order valence-electron chi connectivity index (χ1n) is 4.09. The van der Waals surface area contributed by atoms with Crippen molar-refractivity contribution >= 4 is 17.1 Å². The molecule has 0 atom stereocenters. The topological polar surface area (TPSA) is 112 Å². The second kappa shape index (κ2) is 3.11. The van der Waals surface area contributed by atoms with Crippen molar-refractivity contribution in [3.63, 3.8) is 0 Å². The van der Waals surface area contributed by atoms with Gasteiger partial charge in [0.2, 0.25) is 5.52 Å². The molecule has 0 saturated heterocycles. The van der Waals surface area contributed by atoms with E-state index in [1.807, 2.05) is 0 Å². The van der Waals surface area contributed by atoms with Crippen LogP contribution < -0.4 is 15.9 Å². The third-order valence-corrected chi connectivity index (χ3v) is 1.90. The Balaban J connectivity index is 2.72. The number of H-pyrrole nitrogens is 2. The lowest BCUT2D eigenvalue weighted by atomic mass is 10.5. The number of hydrogen-bond acceptors (Lipinski definition) is 4. The molecule has 0 aliphatic heterocycles. The summed E-state index contributed by atoms with van der Waals surface area (Å²) in [6.45, 7) is 0.349. The number of nitrogens with two attached hydrogens (primary N) is 1. The van der Waals surface area contributed by atoms with E-state index >= 15 is 0 Å². The first-order valence-corrected chi connectivity index (χ1v) is 4.09. The van der Waals surface area contributed by atoms with E-state index in [0.29, 0.717) is 17.7 Å². The molecule has 74 valence electrons. The third-order valence-electron chi connectivity index (χ3n) is 1.90. The molecule has 0 radical (unpaired) electrons. The number of anilines is 1. The smallest absolute Gasteiger partial charge is 0.311 e. The molecule has 7 heteroatoms. The molecular weight excluding hydrogens is 186 g/mol. The molecule has 0 saturated carbocycles. The molecule has 0 aliphatic carbocycles. The van der Waals surface area contributed by atoms with Gasteiger partial charge in [0.25, 0.3) is 11.5 Å². The van der Waals surface area contributed by atoms with Crippen LogP contribution in [-0.2, 0) is 6.54 Å². The number of nitrogens with zero attached hydrogens (tertiary/aromatic N) is 2. The largest absolute Gasteiger partial charge is 0.393 e. The molecule has 5 N–H and O–H groups in total. The minimum absolute atomic E-state index is 0.0218. The fraction of sp³-hybridized carbons (Fsp3) is 0.286. The van der Waals surface area contributed by atoms with Gasteiger partial charge >= 0.3 is 5.65 Å². The zero-order valence-electron chi connectivity index (χ0n) is 7.32. The highest BCUT2D eigenvalue weighted by Crippen LogP contribution is 1.98. The van der Waals surface area contributed by atoms with Gasteiger partial charge in [0, 0.05) is 0 Å². The summed E-state index contributed by atoms with van der Waals surface area (Å²) in [6, 6.07) is 0. The Morgan fingerprint density at radius 1 is 1.64 bits per heavy atom. The Hall–Kier alpha value is -1.89. The van der Waals surface area contributed by atoms with Crippen molar-refractivity contribution in [3.05, 3.63) is 16.7 Å². The lowest BCUT2D eigenvalue weighted by Crippen LogP contribution is -2.35. The van der Waals surface area contributed by atoms with Gasteiger partial charge in [-0.15, -0.1) is 0 Å². The predicted octanol–water partition coefficient (Wildman–Crippen LogP) is -1.89. The van der Waals surface area contributed by atoms with E-state index in [-0.39, 0.29) is 18.1 Å². The SMILES string of the molecule is Nc1nc2c([nH]c[n+]2CCO)c(=O)[nH]1. The molecule has 7 nitrogen and oxygen atoms in total. The Labute approximate surface area is 78.2 Å². The molecule has 0 spiro atoms. The van der Waals surface area contributed by atoms with Crippen molar-refractivity contribution < 1.29 is 9.67 Å². The Bertz CT molecular complexity index is 514. The molecule has 0 bridgehead atoms. The molecule has 0 fully saturated rings. The molecular formula is C7H10N5O2+. The first kappa shape index (κ1) is 8.70. The number of nitrogens with one attached hydrogen (secondary N) is 2. The van der Waals surface area contributed by atoms with E-state index in [2.05, 4.69) is 15.0 Å². The van der Waals surface area contributed by atoms with E-state index in [9.17, 15) is 4.79 Å². The second-order valence-electron chi connectivity index (χ2n) is 2.84. The van der Waals surface area contributed by atoms with E-state index < -0.39 is 0 Å². The van der Waals surface area contributed by atoms with Gasteiger partial charge in [-0.2, -0.15) is 0 Å². The average Bonchev–Trinajstić information content (AvgIpc) is 2.49. The number of aromatic nitrogens is 4. The highest BCUT2D eigenvalue weighted by atomic mass is 16.3. The number of aliphatic hydroxyl groups excluding tert-OH is 1. The molecule has 2 aromatic rings. The fourth-order valence-electron chi connectivity index (χ4n) is 1.30. The van der Waals surface area contributed by atoms with Gasteiger partial charge in [0.15, 0.2) is 6.33 Å². The number of nitrogen functional groups attached to an aromatic ring is 1. The summed E-state index contributed by atoms with van der Waals surface area (Å²) in [5, 5.41) is 8.76. The minimum atomic E-state index is -0.316. The van der Waals surface area contributed by atoms with Gasteiger partial charge in [-0.05, 0) is 0 Å². The molecule has 14 heavy (non-hydrogen) atoms. The number of hydrogen-bond donors (Lipinski definition) is 4. The van der Waals surface area contributed by atoms with Gasteiger partial charge in [-0.3, -0.25) is 14.8 Å². The molecule has 0 amide bonds. The van der Waals surface area contributed by atoms with Crippen molar-refractivity contribution in [1.82, 2.24) is 15.0 Å². The maximum Gasteiger partial charge on any atom is 0.311 e. The molecule has 0 aliphatic rings. The van der Waals surface area contributed by atoms with E-state index in [1.54, 1.807) is 10.9 Å². The van der Waals surface area contributed by atoms with Gasteiger partial charge < -0.3 is 10.8 Å². The summed E-state index contributed by atoms with van der Waals surface area (Å²) < 4.78 is 1.63. The number of rotatable bonds is 2. The highest BCUT2D eigenvalue weighted by Gasteiger charge is 2.15. The molecule has 0 aromatic carbocycles. The van der Waals surface area contributed by atoms with Crippen LogP contribution >= 0.6 is 0 Å². The Morgan fingerprint density at radius 2 is 2.43 bits per heavy atom. The van der Waals surface area contributed by atoms with Crippen molar-refractivity contribution in [1.29, 1.82) is 0 Å². The Morgan fingerprint density at radius 3 is 3.14 bits per heavy atom. The van der Waals surface area contributed by atoms with Crippen LogP contribution in [0.5, 0.6) is 0 Å². The highest BCUT2D eigenvalue weighted by molar-refractivity contribution is 5.65. The van der Waals surface area contributed by atoms with Gasteiger partial charge in [-0.25, -0.2) is 4.57 Å². The number of aliphatic hydroxyl groups is 1. The maximum atomic E-state index is 11.3. The Kier molecular flexibility index (Phi) is 1.93. The van der Waals surface area contributed by atoms with Crippen molar-refractivity contribution in [3.8, 4) is 0 Å². The van der Waals surface area contributed by atoms with Crippen LogP contribution in [-0.4, -0.2) is 26.7 Å². The van der Waals surface area contributed by atoms with Gasteiger partial charge in [0.05, 0.1) is 13.2 Å². The summed E-state index contributed by atoms with van der Waals surface area (Å²) in [7, 11) is 0. The summed E-state index contributed by atoms with van der Waals surface area (Å²) in [4.78, 5) is 20.4. The van der Waals surface area contributed by atoms with Crippen molar-refractivity contribution in [2.45, 2.75) is 6.54 Å². The zero-order chi connectivity index (χ0) is 10.1. The van der Waals surface area contributed by atoms with E-state index in [0.717, 1.165) is 0 Å². The third kappa shape index (κ3) is 1.23. The predicted molar refractivity (Wildman–Crippen MR) is 48.4 cm³/mol. The van der Waals surface area contributed by atoms with E-state index in [1.165, 1.54) is 0 Å². The molecule has 2 aromatic heterocycles. The fourth-order valence-corrected chi connectivity index (χ4v) is 1.30. The van der Waals surface area contributed by atoms with Crippen LogP contribution in [0.25, 0.3) is 11.2 Å². The summed E-state index contributed by atoms with van der Waals surface area (Å²) in [6.07, 6.45) is 1.57. The monoisotopic (exact) mass is 196 g/mol.